The maximum Gasteiger partial charge on any atom is 0.416 e. The number of thiazole rings is 1. The molecule has 110 valence electrons. The summed E-state index contributed by atoms with van der Waals surface area (Å²) in [5.74, 6) is 0. The van der Waals surface area contributed by atoms with E-state index in [0.29, 0.717) is 12.1 Å². The van der Waals surface area contributed by atoms with Crippen molar-refractivity contribution in [3.63, 3.8) is 0 Å². The highest BCUT2D eigenvalue weighted by Gasteiger charge is 2.33. The number of hydrogen-bond acceptors (Lipinski definition) is 3. The molecule has 0 atom stereocenters. The molecule has 2 nitrogen and oxygen atoms in total. The van der Waals surface area contributed by atoms with Crippen LogP contribution >= 0.6 is 11.3 Å². The molecule has 1 heterocycles. The van der Waals surface area contributed by atoms with Crippen LogP contribution in [0.1, 0.15) is 37.3 Å². The van der Waals surface area contributed by atoms with Crippen molar-refractivity contribution < 1.29 is 13.2 Å². The second-order valence-electron chi connectivity index (χ2n) is 4.89. The van der Waals surface area contributed by atoms with Crippen LogP contribution < -0.4 is 5.73 Å². The fourth-order valence-corrected chi connectivity index (χ4v) is 3.55. The van der Waals surface area contributed by atoms with E-state index in [2.05, 4.69) is 4.98 Å². The molecule has 0 bridgehead atoms. The molecule has 0 aliphatic rings. The van der Waals surface area contributed by atoms with Crippen molar-refractivity contribution in [3.05, 3.63) is 28.8 Å². The molecule has 1 aromatic heterocycles. The predicted molar refractivity (Wildman–Crippen MR) is 75.9 cm³/mol. The number of hydrogen-bond donors (Lipinski definition) is 1. The fraction of sp³-hybridized carbons (Fsp3) is 0.500. The van der Waals surface area contributed by atoms with Crippen molar-refractivity contribution in [3.8, 4) is 0 Å². The zero-order valence-corrected chi connectivity index (χ0v) is 12.2. The molecular formula is C14H17F3N2S. The molecule has 0 unspecified atom stereocenters. The highest BCUT2D eigenvalue weighted by molar-refractivity contribution is 7.18. The van der Waals surface area contributed by atoms with Gasteiger partial charge in [0.25, 0.3) is 0 Å². The first-order valence-corrected chi connectivity index (χ1v) is 7.36. The van der Waals surface area contributed by atoms with Crippen molar-refractivity contribution in [2.75, 3.05) is 6.54 Å². The topological polar surface area (TPSA) is 38.9 Å². The van der Waals surface area contributed by atoms with E-state index in [-0.39, 0.29) is 5.41 Å². The van der Waals surface area contributed by atoms with Gasteiger partial charge < -0.3 is 5.73 Å². The SMILES string of the molecule is CCC(CC)(CN)c1nc2cc(C(F)(F)F)ccc2s1. The van der Waals surface area contributed by atoms with E-state index >= 15 is 0 Å². The van der Waals surface area contributed by atoms with Crippen LogP contribution in [-0.4, -0.2) is 11.5 Å². The molecule has 0 fully saturated rings. The monoisotopic (exact) mass is 302 g/mol. The lowest BCUT2D eigenvalue weighted by molar-refractivity contribution is -0.137. The number of nitrogens with zero attached hydrogens (tertiary/aromatic N) is 1. The van der Waals surface area contributed by atoms with E-state index in [1.165, 1.54) is 17.4 Å². The number of aromatic nitrogens is 1. The van der Waals surface area contributed by atoms with Gasteiger partial charge in [-0.3, -0.25) is 0 Å². The van der Waals surface area contributed by atoms with Crippen molar-refractivity contribution in [2.45, 2.75) is 38.3 Å². The Bertz CT molecular complexity index is 592. The summed E-state index contributed by atoms with van der Waals surface area (Å²) in [6.45, 7) is 4.51. The molecule has 0 saturated carbocycles. The van der Waals surface area contributed by atoms with E-state index < -0.39 is 11.7 Å². The van der Waals surface area contributed by atoms with Crippen LogP contribution in [0.3, 0.4) is 0 Å². The molecule has 20 heavy (non-hydrogen) atoms. The number of alkyl halides is 3. The summed E-state index contributed by atoms with van der Waals surface area (Å²) in [5, 5.41) is 0.833. The zero-order chi connectivity index (χ0) is 15.0. The average molecular weight is 302 g/mol. The summed E-state index contributed by atoms with van der Waals surface area (Å²) >= 11 is 1.44. The molecule has 2 aromatic rings. The van der Waals surface area contributed by atoms with Crippen LogP contribution in [0.4, 0.5) is 13.2 Å². The largest absolute Gasteiger partial charge is 0.416 e. The quantitative estimate of drug-likeness (QED) is 0.913. The van der Waals surface area contributed by atoms with Gasteiger partial charge in [0.2, 0.25) is 0 Å². The van der Waals surface area contributed by atoms with Gasteiger partial charge in [-0.2, -0.15) is 13.2 Å². The van der Waals surface area contributed by atoms with Gasteiger partial charge >= 0.3 is 6.18 Å². The number of rotatable bonds is 4. The molecule has 0 amide bonds. The molecule has 0 radical (unpaired) electrons. The second-order valence-corrected chi connectivity index (χ2v) is 5.92. The van der Waals surface area contributed by atoms with E-state index in [4.69, 9.17) is 5.73 Å². The number of halogens is 3. The van der Waals surface area contributed by atoms with Gasteiger partial charge in [0.15, 0.2) is 0 Å². The van der Waals surface area contributed by atoms with Crippen LogP contribution in [-0.2, 0) is 11.6 Å². The summed E-state index contributed by atoms with van der Waals surface area (Å²) in [6, 6.07) is 3.71. The summed E-state index contributed by atoms with van der Waals surface area (Å²) in [7, 11) is 0. The number of fused-ring (bicyclic) bond motifs is 1. The molecule has 0 aliphatic carbocycles. The zero-order valence-electron chi connectivity index (χ0n) is 11.4. The van der Waals surface area contributed by atoms with Crippen molar-refractivity contribution in [1.29, 1.82) is 0 Å². The Hall–Kier alpha value is -1.14. The minimum absolute atomic E-state index is 0.234. The third-order valence-electron chi connectivity index (χ3n) is 3.91. The second kappa shape index (κ2) is 5.33. The van der Waals surface area contributed by atoms with Crippen LogP contribution in [0.15, 0.2) is 18.2 Å². The number of nitrogens with two attached hydrogens (primary N) is 1. The van der Waals surface area contributed by atoms with Crippen molar-refractivity contribution >= 4 is 21.6 Å². The molecule has 0 aliphatic heterocycles. The minimum atomic E-state index is -4.33. The smallest absolute Gasteiger partial charge is 0.329 e. The van der Waals surface area contributed by atoms with Crippen LogP contribution in [0.5, 0.6) is 0 Å². The normalized spacial score (nSPS) is 13.1. The maximum atomic E-state index is 12.7. The summed E-state index contributed by atoms with van der Waals surface area (Å²) in [6.07, 6.45) is -2.68. The van der Waals surface area contributed by atoms with Crippen LogP contribution in [0.25, 0.3) is 10.2 Å². The van der Waals surface area contributed by atoms with E-state index in [1.807, 2.05) is 13.8 Å². The summed E-state index contributed by atoms with van der Waals surface area (Å²) in [4.78, 5) is 4.41. The van der Waals surface area contributed by atoms with Gasteiger partial charge in [0, 0.05) is 12.0 Å². The maximum absolute atomic E-state index is 12.7. The first kappa shape index (κ1) is 15.3. The van der Waals surface area contributed by atoms with Crippen molar-refractivity contribution in [2.24, 2.45) is 5.73 Å². The Morgan fingerprint density at radius 2 is 1.85 bits per heavy atom. The third kappa shape index (κ3) is 2.54. The van der Waals surface area contributed by atoms with Gasteiger partial charge in [-0.05, 0) is 31.0 Å². The van der Waals surface area contributed by atoms with E-state index in [9.17, 15) is 13.2 Å². The molecular weight excluding hydrogens is 285 g/mol. The minimum Gasteiger partial charge on any atom is -0.329 e. The standard InChI is InChI=1S/C14H17F3N2S/c1-3-13(4-2,8-18)12-19-10-7-9(14(15,16)17)5-6-11(10)20-12/h5-7H,3-4,8,18H2,1-2H3. The Morgan fingerprint density at radius 3 is 2.35 bits per heavy atom. The van der Waals surface area contributed by atoms with E-state index in [0.717, 1.165) is 34.7 Å². The first-order chi connectivity index (χ1) is 9.36. The molecule has 6 heteroatoms. The molecule has 1 aromatic carbocycles. The van der Waals surface area contributed by atoms with Gasteiger partial charge in [-0.1, -0.05) is 13.8 Å². The Balaban J connectivity index is 2.54. The van der Waals surface area contributed by atoms with Gasteiger partial charge in [-0.15, -0.1) is 11.3 Å². The molecule has 0 saturated heterocycles. The fourth-order valence-electron chi connectivity index (χ4n) is 2.26. The summed E-state index contributed by atoms with van der Waals surface area (Å²) < 4.78 is 38.9. The number of benzene rings is 1. The van der Waals surface area contributed by atoms with Gasteiger partial charge in [-0.25, -0.2) is 4.98 Å². The lowest BCUT2D eigenvalue weighted by Crippen LogP contribution is -2.33. The highest BCUT2D eigenvalue weighted by Crippen LogP contribution is 2.38. The average Bonchev–Trinajstić information content (AvgIpc) is 2.83. The Labute approximate surface area is 119 Å². The summed E-state index contributed by atoms with van der Waals surface area (Å²) in [5.41, 5.74) is 5.38. The van der Waals surface area contributed by atoms with E-state index in [1.54, 1.807) is 0 Å². The van der Waals surface area contributed by atoms with Crippen LogP contribution in [0, 0.1) is 0 Å². The van der Waals surface area contributed by atoms with Crippen LogP contribution in [0.2, 0.25) is 0 Å². The van der Waals surface area contributed by atoms with Gasteiger partial charge in [0.1, 0.15) is 5.01 Å². The lowest BCUT2D eigenvalue weighted by atomic mass is 9.83. The Kier molecular flexibility index (Phi) is 4.07. The van der Waals surface area contributed by atoms with Crippen molar-refractivity contribution in [1.82, 2.24) is 4.98 Å². The third-order valence-corrected chi connectivity index (χ3v) is 5.20. The molecule has 0 spiro atoms. The highest BCUT2D eigenvalue weighted by atomic mass is 32.1. The Morgan fingerprint density at radius 1 is 1.20 bits per heavy atom. The predicted octanol–water partition coefficient (Wildman–Crippen LogP) is 4.33. The molecule has 2 N–H and O–H groups in total. The molecule has 2 rings (SSSR count). The first-order valence-electron chi connectivity index (χ1n) is 6.54. The van der Waals surface area contributed by atoms with Gasteiger partial charge in [0.05, 0.1) is 15.8 Å². The lowest BCUT2D eigenvalue weighted by Gasteiger charge is -2.27.